The first-order chi connectivity index (χ1) is 17.0. The van der Waals surface area contributed by atoms with E-state index in [0.29, 0.717) is 11.3 Å². The van der Waals surface area contributed by atoms with Crippen LogP contribution in [0, 0.1) is 0 Å². The molecule has 1 saturated heterocycles. The molecule has 9 heteroatoms. The number of hydrogen-bond acceptors (Lipinski definition) is 6. The van der Waals surface area contributed by atoms with Crippen LogP contribution < -0.4 is 19.8 Å². The van der Waals surface area contributed by atoms with Crippen LogP contribution in [0.15, 0.2) is 84.9 Å². The molecule has 7 nitrogen and oxygen atoms in total. The minimum absolute atomic E-state index is 0.101. The first-order valence-electron chi connectivity index (χ1n) is 11.8. The van der Waals surface area contributed by atoms with Crippen molar-refractivity contribution in [2.45, 2.75) is 37.5 Å². The molecule has 0 aromatic heterocycles. The van der Waals surface area contributed by atoms with Gasteiger partial charge in [-0.3, -0.25) is 4.18 Å². The molecule has 0 radical (unpaired) electrons. The lowest BCUT2D eigenvalue weighted by atomic mass is 9.86. The highest BCUT2D eigenvalue weighted by molar-refractivity contribution is 7.84. The maximum Gasteiger partial charge on any atom is 0.336 e. The molecule has 1 aliphatic heterocycles. The number of ether oxygens (including phenoxy) is 1. The monoisotopic (exact) mass is 527 g/mol. The zero-order valence-corrected chi connectivity index (χ0v) is 22.8. The summed E-state index contributed by atoms with van der Waals surface area (Å²) >= 11 is 0. The van der Waals surface area contributed by atoms with Gasteiger partial charge in [-0.15, -0.1) is 0 Å². The van der Waals surface area contributed by atoms with Gasteiger partial charge < -0.3 is 14.3 Å². The molecular weight excluding hydrogens is 494 g/mol. The van der Waals surface area contributed by atoms with E-state index in [4.69, 9.17) is 13.3 Å². The number of methoxy groups -OCH3 is 1. The third-order valence-corrected chi connectivity index (χ3v) is 12.8. The molecule has 1 aliphatic rings. The quantitative estimate of drug-likeness (QED) is 0.459. The summed E-state index contributed by atoms with van der Waals surface area (Å²) in [5, 5.41) is 13.0. The fourth-order valence-electron chi connectivity index (χ4n) is 4.95. The molecule has 0 unspecified atom stereocenters. The summed E-state index contributed by atoms with van der Waals surface area (Å²) in [5.74, 6) is 0.617. The van der Waals surface area contributed by atoms with Crippen LogP contribution in [0.3, 0.4) is 0 Å². The number of rotatable bonds is 7. The first kappa shape index (κ1) is 26.5. The molecule has 3 aromatic rings. The summed E-state index contributed by atoms with van der Waals surface area (Å²) in [5.41, 5.74) is -0.906. The zero-order valence-electron chi connectivity index (χ0n) is 21.0. The largest absolute Gasteiger partial charge is 0.497 e. The summed E-state index contributed by atoms with van der Waals surface area (Å²) in [4.78, 5) is 0. The lowest BCUT2D eigenvalue weighted by Crippen LogP contribution is -2.70. The summed E-state index contributed by atoms with van der Waals surface area (Å²) in [7, 11) is -5.59. The number of benzene rings is 3. The van der Waals surface area contributed by atoms with Crippen LogP contribution in [-0.4, -0.2) is 48.3 Å². The van der Waals surface area contributed by atoms with Crippen molar-refractivity contribution in [1.82, 2.24) is 4.72 Å². The van der Waals surface area contributed by atoms with Gasteiger partial charge in [0.1, 0.15) is 17.4 Å². The summed E-state index contributed by atoms with van der Waals surface area (Å²) in [6, 6.07) is 27.1. The lowest BCUT2D eigenvalue weighted by molar-refractivity contribution is -0.0144. The normalized spacial score (nSPS) is 22.2. The van der Waals surface area contributed by atoms with E-state index >= 15 is 0 Å². The van der Waals surface area contributed by atoms with Crippen molar-refractivity contribution in [3.8, 4) is 5.75 Å². The van der Waals surface area contributed by atoms with E-state index in [9.17, 15) is 13.5 Å². The molecule has 192 valence electrons. The summed E-state index contributed by atoms with van der Waals surface area (Å²) < 4.78 is 45.1. The second-order valence-corrected chi connectivity index (χ2v) is 15.7. The molecule has 0 saturated carbocycles. The van der Waals surface area contributed by atoms with Crippen molar-refractivity contribution in [3.05, 3.63) is 90.5 Å². The Morgan fingerprint density at radius 3 is 1.97 bits per heavy atom. The Morgan fingerprint density at radius 1 is 0.972 bits per heavy atom. The molecule has 3 aromatic carbocycles. The Hall–Kier alpha value is -2.53. The number of hydrogen-bond donors (Lipinski definition) is 2. The van der Waals surface area contributed by atoms with E-state index in [1.165, 1.54) is 0 Å². The third kappa shape index (κ3) is 4.87. The number of nitrogens with one attached hydrogen (secondary N) is 1. The highest BCUT2D eigenvalue weighted by Gasteiger charge is 2.54. The predicted octanol–water partition coefficient (Wildman–Crippen LogP) is 2.69. The van der Waals surface area contributed by atoms with Crippen LogP contribution in [-0.2, 0) is 24.5 Å². The van der Waals surface area contributed by atoms with Crippen molar-refractivity contribution < 1.29 is 26.9 Å². The van der Waals surface area contributed by atoms with Crippen molar-refractivity contribution in [1.29, 1.82) is 0 Å². The Balaban J connectivity index is 1.88. The molecule has 0 aliphatic carbocycles. The van der Waals surface area contributed by atoms with E-state index in [1.54, 1.807) is 31.4 Å². The second kappa shape index (κ2) is 10.1. The second-order valence-electron chi connectivity index (χ2n) is 10.0. The average Bonchev–Trinajstić information content (AvgIpc) is 2.87. The predicted molar refractivity (Wildman–Crippen MR) is 142 cm³/mol. The van der Waals surface area contributed by atoms with Gasteiger partial charge in [-0.05, 0) is 33.1 Å². The van der Waals surface area contributed by atoms with Gasteiger partial charge >= 0.3 is 10.3 Å². The fraction of sp³-hybridized carbons (Fsp3) is 0.333. The average molecular weight is 528 g/mol. The molecule has 0 amide bonds. The summed E-state index contributed by atoms with van der Waals surface area (Å²) in [6.07, 6.45) is -1.19. The van der Waals surface area contributed by atoms with Gasteiger partial charge in [-0.25, -0.2) is 0 Å². The van der Waals surface area contributed by atoms with E-state index in [1.807, 2.05) is 36.4 Å². The van der Waals surface area contributed by atoms with Crippen LogP contribution >= 0.6 is 0 Å². The molecule has 4 rings (SSSR count). The Bertz CT molecular complexity index is 1220. The number of aliphatic hydroxyl groups excluding tert-OH is 1. The number of aliphatic hydroxyl groups is 1. The maximum absolute atomic E-state index is 12.7. The van der Waals surface area contributed by atoms with Gasteiger partial charge in [0.2, 0.25) is 0 Å². The Kier molecular flexibility index (Phi) is 7.43. The van der Waals surface area contributed by atoms with E-state index < -0.39 is 30.3 Å². The topological polar surface area (TPSA) is 94.1 Å². The van der Waals surface area contributed by atoms with Crippen molar-refractivity contribution in [2.75, 3.05) is 20.3 Å². The standard InChI is InChI=1S/C27H33NO6SSi/c1-26(2,3)36(23-11-7-5-8-12-23,24-13-9-6-10-14-24)34-20-27(21-15-17-22(32-4)18-16-21)25(29)19-33-35(30,31)28-27/h5-18,25,28-29H,19-20H2,1-4H3/t25-,27-/m0/s1. The van der Waals surface area contributed by atoms with E-state index in [2.05, 4.69) is 49.8 Å². The highest BCUT2D eigenvalue weighted by Crippen LogP contribution is 2.39. The lowest BCUT2D eigenvalue weighted by Gasteiger charge is -2.47. The first-order valence-corrected chi connectivity index (χ1v) is 15.1. The molecule has 2 atom stereocenters. The SMILES string of the molecule is COc1ccc([C@]2(CO[Si](c3ccccc3)(c3ccccc3)C(C)(C)C)NS(=O)(=O)OC[C@@H]2O)cc1. The van der Waals surface area contributed by atoms with Crippen LogP contribution in [0.2, 0.25) is 5.04 Å². The van der Waals surface area contributed by atoms with Gasteiger partial charge in [0.05, 0.1) is 20.3 Å². The molecule has 2 N–H and O–H groups in total. The van der Waals surface area contributed by atoms with Gasteiger partial charge in [-0.1, -0.05) is 93.6 Å². The Morgan fingerprint density at radius 2 is 1.50 bits per heavy atom. The smallest absolute Gasteiger partial charge is 0.336 e. The van der Waals surface area contributed by atoms with E-state index in [0.717, 1.165) is 10.4 Å². The van der Waals surface area contributed by atoms with Gasteiger partial charge in [0.15, 0.2) is 0 Å². The van der Waals surface area contributed by atoms with Gasteiger partial charge in [0.25, 0.3) is 8.32 Å². The highest BCUT2D eigenvalue weighted by atomic mass is 32.2. The molecule has 0 bridgehead atoms. The molecule has 1 fully saturated rings. The van der Waals surface area contributed by atoms with Crippen LogP contribution in [0.1, 0.15) is 26.3 Å². The zero-order chi connectivity index (χ0) is 26.0. The van der Waals surface area contributed by atoms with Crippen LogP contribution in [0.25, 0.3) is 0 Å². The van der Waals surface area contributed by atoms with Crippen molar-refractivity contribution in [3.63, 3.8) is 0 Å². The third-order valence-electron chi connectivity index (χ3n) is 6.80. The maximum atomic E-state index is 12.7. The minimum Gasteiger partial charge on any atom is -0.497 e. The molecule has 0 spiro atoms. The van der Waals surface area contributed by atoms with Crippen molar-refractivity contribution in [2.24, 2.45) is 0 Å². The van der Waals surface area contributed by atoms with Crippen LogP contribution in [0.4, 0.5) is 0 Å². The Labute approximate surface area is 214 Å². The fourth-order valence-corrected chi connectivity index (χ4v) is 10.7. The van der Waals surface area contributed by atoms with Crippen LogP contribution in [0.5, 0.6) is 5.75 Å². The molecule has 36 heavy (non-hydrogen) atoms. The summed E-state index contributed by atoms with van der Waals surface area (Å²) in [6.45, 7) is 5.94. The minimum atomic E-state index is -4.13. The van der Waals surface area contributed by atoms with Gasteiger partial charge in [0, 0.05) is 0 Å². The van der Waals surface area contributed by atoms with Gasteiger partial charge in [-0.2, -0.15) is 13.1 Å². The van der Waals surface area contributed by atoms with Crippen molar-refractivity contribution >= 4 is 29.0 Å². The van der Waals surface area contributed by atoms with E-state index in [-0.39, 0.29) is 18.3 Å². The molecule has 1 heterocycles. The molecular formula is C27H33NO6SSi.